The number of carbonyl (C=O) groups is 1. The molecule has 24 heavy (non-hydrogen) atoms. The van der Waals surface area contributed by atoms with Crippen LogP contribution in [0.3, 0.4) is 0 Å². The molecule has 0 aliphatic carbocycles. The van der Waals surface area contributed by atoms with Crippen LogP contribution < -0.4 is 0 Å². The van der Waals surface area contributed by atoms with E-state index >= 15 is 0 Å². The van der Waals surface area contributed by atoms with Gasteiger partial charge in [-0.3, -0.25) is 4.79 Å². The molecule has 1 aromatic carbocycles. The van der Waals surface area contributed by atoms with E-state index in [4.69, 9.17) is 0 Å². The molecule has 0 spiro atoms. The minimum atomic E-state index is 0.276. The van der Waals surface area contributed by atoms with E-state index < -0.39 is 0 Å². The number of hydrogen-bond acceptors (Lipinski definition) is 3. The van der Waals surface area contributed by atoms with Crippen molar-refractivity contribution in [3.05, 3.63) is 48.0 Å². The first-order valence-corrected chi connectivity index (χ1v) is 8.90. The minimum absolute atomic E-state index is 0.276. The van der Waals surface area contributed by atoms with Crippen molar-refractivity contribution in [2.24, 2.45) is 0 Å². The van der Waals surface area contributed by atoms with Gasteiger partial charge in [0.2, 0.25) is 5.91 Å². The predicted octanol–water partition coefficient (Wildman–Crippen LogP) is 3.16. The normalized spacial score (nSPS) is 17.9. The molecule has 3 rings (SSSR count). The SMILES string of the molecule is Cc1ccc(CCCCC(=O)N2CCCC(n3cncn3)C2)cc1. The van der Waals surface area contributed by atoms with Gasteiger partial charge in [-0.15, -0.1) is 0 Å². The molecule has 128 valence electrons. The monoisotopic (exact) mass is 326 g/mol. The number of nitrogens with zero attached hydrogens (tertiary/aromatic N) is 4. The molecule has 5 heteroatoms. The van der Waals surface area contributed by atoms with Crippen molar-refractivity contribution in [3.63, 3.8) is 0 Å². The van der Waals surface area contributed by atoms with Gasteiger partial charge < -0.3 is 4.90 Å². The Balaban J connectivity index is 1.40. The molecule has 2 aromatic rings. The number of piperidine rings is 1. The Morgan fingerprint density at radius 3 is 2.83 bits per heavy atom. The summed E-state index contributed by atoms with van der Waals surface area (Å²) in [6.07, 6.45) is 9.14. The number of carbonyl (C=O) groups excluding carboxylic acids is 1. The maximum Gasteiger partial charge on any atom is 0.222 e. The second-order valence-corrected chi connectivity index (χ2v) is 6.70. The average Bonchev–Trinajstić information content (AvgIpc) is 3.15. The molecule has 0 N–H and O–H groups in total. The zero-order chi connectivity index (χ0) is 16.8. The predicted molar refractivity (Wildman–Crippen MR) is 93.6 cm³/mol. The molecule has 1 fully saturated rings. The summed E-state index contributed by atoms with van der Waals surface area (Å²) in [6.45, 7) is 3.75. The average molecular weight is 326 g/mol. The molecule has 0 saturated carbocycles. The second-order valence-electron chi connectivity index (χ2n) is 6.70. The fourth-order valence-corrected chi connectivity index (χ4v) is 3.32. The molecular formula is C19H26N4O. The van der Waals surface area contributed by atoms with E-state index in [1.54, 1.807) is 12.7 Å². The number of hydrogen-bond donors (Lipinski definition) is 0. The highest BCUT2D eigenvalue weighted by molar-refractivity contribution is 5.76. The van der Waals surface area contributed by atoms with Crippen molar-refractivity contribution in [3.8, 4) is 0 Å². The maximum absolute atomic E-state index is 12.4. The topological polar surface area (TPSA) is 51.0 Å². The molecule has 1 aliphatic heterocycles. The Kier molecular flexibility index (Phi) is 5.62. The second kappa shape index (κ2) is 8.08. The summed E-state index contributed by atoms with van der Waals surface area (Å²) in [5, 5.41) is 4.22. The van der Waals surface area contributed by atoms with E-state index in [0.717, 1.165) is 45.2 Å². The molecule has 2 heterocycles. The lowest BCUT2D eigenvalue weighted by molar-refractivity contribution is -0.133. The van der Waals surface area contributed by atoms with Crippen molar-refractivity contribution >= 4 is 5.91 Å². The van der Waals surface area contributed by atoms with Crippen LogP contribution in [0.1, 0.15) is 49.3 Å². The Morgan fingerprint density at radius 2 is 2.08 bits per heavy atom. The third-order valence-corrected chi connectivity index (χ3v) is 4.79. The quantitative estimate of drug-likeness (QED) is 0.766. The number of unbranched alkanes of at least 4 members (excludes halogenated alkanes) is 1. The van der Waals surface area contributed by atoms with Gasteiger partial charge in [0.25, 0.3) is 0 Å². The summed E-state index contributed by atoms with van der Waals surface area (Å²) < 4.78 is 1.89. The van der Waals surface area contributed by atoms with E-state index in [2.05, 4.69) is 41.3 Å². The van der Waals surface area contributed by atoms with Gasteiger partial charge in [0.05, 0.1) is 6.04 Å². The fraction of sp³-hybridized carbons (Fsp3) is 0.526. The minimum Gasteiger partial charge on any atom is -0.341 e. The van der Waals surface area contributed by atoms with Gasteiger partial charge in [0.1, 0.15) is 12.7 Å². The summed E-state index contributed by atoms with van der Waals surface area (Å²) in [5.74, 6) is 0.281. The van der Waals surface area contributed by atoms with Crippen LogP contribution in [0.4, 0.5) is 0 Å². The number of rotatable bonds is 6. The van der Waals surface area contributed by atoms with Gasteiger partial charge in [-0.25, -0.2) is 9.67 Å². The van der Waals surface area contributed by atoms with E-state index in [-0.39, 0.29) is 11.9 Å². The van der Waals surface area contributed by atoms with Gasteiger partial charge in [-0.1, -0.05) is 29.8 Å². The lowest BCUT2D eigenvalue weighted by Crippen LogP contribution is -2.40. The maximum atomic E-state index is 12.4. The standard InChI is InChI=1S/C19H26N4O/c1-16-8-10-17(11-9-16)5-2-3-7-19(24)22-12-4-6-18(13-22)23-15-20-14-21-23/h8-11,14-15,18H,2-7,12-13H2,1H3. The molecule has 1 aliphatic rings. The Bertz CT molecular complexity index is 636. The number of likely N-dealkylation sites (tertiary alicyclic amines) is 1. The highest BCUT2D eigenvalue weighted by Crippen LogP contribution is 2.21. The van der Waals surface area contributed by atoms with Crippen LogP contribution in [0.25, 0.3) is 0 Å². The van der Waals surface area contributed by atoms with E-state index in [1.807, 2.05) is 9.58 Å². The Hall–Kier alpha value is -2.17. The number of amides is 1. The van der Waals surface area contributed by atoms with Crippen LogP contribution in [-0.4, -0.2) is 38.7 Å². The zero-order valence-corrected chi connectivity index (χ0v) is 14.4. The molecule has 0 radical (unpaired) electrons. The van der Waals surface area contributed by atoms with Crippen molar-refractivity contribution in [1.29, 1.82) is 0 Å². The van der Waals surface area contributed by atoms with Gasteiger partial charge >= 0.3 is 0 Å². The molecular weight excluding hydrogens is 300 g/mol. The van der Waals surface area contributed by atoms with E-state index in [1.165, 1.54) is 11.1 Å². The number of aromatic nitrogens is 3. The van der Waals surface area contributed by atoms with Gasteiger partial charge in [-0.2, -0.15) is 5.10 Å². The molecule has 1 saturated heterocycles. The van der Waals surface area contributed by atoms with E-state index in [9.17, 15) is 4.79 Å². The van der Waals surface area contributed by atoms with Crippen molar-refractivity contribution in [1.82, 2.24) is 19.7 Å². The van der Waals surface area contributed by atoms with Crippen LogP contribution in [0.15, 0.2) is 36.9 Å². The molecule has 1 amide bonds. The van der Waals surface area contributed by atoms with Crippen LogP contribution in [0, 0.1) is 6.92 Å². The Morgan fingerprint density at radius 1 is 1.25 bits per heavy atom. The van der Waals surface area contributed by atoms with Crippen LogP contribution in [-0.2, 0) is 11.2 Å². The summed E-state index contributed by atoms with van der Waals surface area (Å²) in [4.78, 5) is 18.5. The van der Waals surface area contributed by atoms with Crippen molar-refractivity contribution < 1.29 is 4.79 Å². The highest BCUT2D eigenvalue weighted by atomic mass is 16.2. The van der Waals surface area contributed by atoms with Crippen LogP contribution in [0.5, 0.6) is 0 Å². The van der Waals surface area contributed by atoms with E-state index in [0.29, 0.717) is 6.42 Å². The molecule has 1 atom stereocenters. The van der Waals surface area contributed by atoms with Crippen molar-refractivity contribution in [2.75, 3.05) is 13.1 Å². The van der Waals surface area contributed by atoms with Crippen molar-refractivity contribution in [2.45, 2.75) is 51.5 Å². The first-order chi connectivity index (χ1) is 11.7. The zero-order valence-electron chi connectivity index (χ0n) is 14.4. The van der Waals surface area contributed by atoms with Gasteiger partial charge in [0, 0.05) is 19.5 Å². The summed E-state index contributed by atoms with van der Waals surface area (Å²) in [7, 11) is 0. The lowest BCUT2D eigenvalue weighted by atomic mass is 10.0. The smallest absolute Gasteiger partial charge is 0.222 e. The van der Waals surface area contributed by atoms with Gasteiger partial charge in [-0.05, 0) is 44.6 Å². The molecule has 5 nitrogen and oxygen atoms in total. The van der Waals surface area contributed by atoms with Crippen LogP contribution in [0.2, 0.25) is 0 Å². The number of benzene rings is 1. The van der Waals surface area contributed by atoms with Gasteiger partial charge in [0.15, 0.2) is 0 Å². The third-order valence-electron chi connectivity index (χ3n) is 4.79. The Labute approximate surface area is 143 Å². The number of aryl methyl sites for hydroxylation is 2. The summed E-state index contributed by atoms with van der Waals surface area (Å²) in [6, 6.07) is 8.95. The first-order valence-electron chi connectivity index (χ1n) is 8.90. The summed E-state index contributed by atoms with van der Waals surface area (Å²) >= 11 is 0. The lowest BCUT2D eigenvalue weighted by Gasteiger charge is -2.32. The summed E-state index contributed by atoms with van der Waals surface area (Å²) in [5.41, 5.74) is 2.65. The fourth-order valence-electron chi connectivity index (χ4n) is 3.32. The first kappa shape index (κ1) is 16.7. The molecule has 0 bridgehead atoms. The molecule has 1 unspecified atom stereocenters. The molecule has 1 aromatic heterocycles. The largest absolute Gasteiger partial charge is 0.341 e. The van der Waals surface area contributed by atoms with Crippen LogP contribution >= 0.6 is 0 Å². The third kappa shape index (κ3) is 4.43. The highest BCUT2D eigenvalue weighted by Gasteiger charge is 2.24.